The number of Topliss-reactive ketones (excluding diaryl/α,β-unsaturated/α-hetero) is 1. The minimum Gasteiger partial charge on any atom is -0.360 e. The molecule has 7 nitrogen and oxygen atoms in total. The number of rotatable bonds is 5. The van der Waals surface area contributed by atoms with Crippen LogP contribution in [0.1, 0.15) is 30.0 Å². The van der Waals surface area contributed by atoms with E-state index in [-0.39, 0.29) is 30.0 Å². The molecule has 0 aliphatic rings. The number of carbonyl (C=O) groups excluding carboxylic acids is 3. The smallest absolute Gasteiger partial charge is 0.244 e. The van der Waals surface area contributed by atoms with E-state index in [1.165, 1.54) is 18.7 Å². The molecule has 120 valence electrons. The molecule has 0 aliphatic heterocycles. The highest BCUT2D eigenvalue weighted by molar-refractivity contribution is 6.01. The summed E-state index contributed by atoms with van der Waals surface area (Å²) in [6.07, 6.45) is 0. The maximum atomic E-state index is 12.1. The van der Waals surface area contributed by atoms with Gasteiger partial charge < -0.3 is 9.84 Å². The lowest BCUT2D eigenvalue weighted by Crippen LogP contribution is -2.36. The summed E-state index contributed by atoms with van der Waals surface area (Å²) < 4.78 is 4.92. The monoisotopic (exact) mass is 315 g/mol. The number of ketones is 1. The van der Waals surface area contributed by atoms with Gasteiger partial charge >= 0.3 is 0 Å². The van der Waals surface area contributed by atoms with Crippen molar-refractivity contribution in [3.63, 3.8) is 0 Å². The van der Waals surface area contributed by atoms with Gasteiger partial charge in [0.2, 0.25) is 11.8 Å². The van der Waals surface area contributed by atoms with Crippen molar-refractivity contribution in [2.75, 3.05) is 16.8 Å². The number of nitrogens with one attached hydrogen (secondary N) is 1. The Morgan fingerprint density at radius 3 is 2.30 bits per heavy atom. The SMILES string of the molecule is CC(=O)c1ccc(NC(=O)CN(C(C)=O)c2cc(C)on2)cc1. The number of carbonyl (C=O) groups is 3. The number of amides is 2. The molecule has 7 heteroatoms. The number of anilines is 2. The largest absolute Gasteiger partial charge is 0.360 e. The van der Waals surface area contributed by atoms with Crippen LogP contribution in [0.3, 0.4) is 0 Å². The zero-order valence-corrected chi connectivity index (χ0v) is 13.1. The van der Waals surface area contributed by atoms with Gasteiger partial charge in [0.15, 0.2) is 11.6 Å². The number of nitrogens with zero attached hydrogens (tertiary/aromatic N) is 2. The standard InChI is InChI=1S/C16H17N3O4/c1-10-8-15(18-23-10)19(12(3)21)9-16(22)17-14-6-4-13(5-7-14)11(2)20/h4-8H,9H2,1-3H3,(H,17,22). The Balaban J connectivity index is 2.04. The molecule has 1 aromatic heterocycles. The highest BCUT2D eigenvalue weighted by Gasteiger charge is 2.19. The molecule has 0 fully saturated rings. The zero-order chi connectivity index (χ0) is 17.0. The summed E-state index contributed by atoms with van der Waals surface area (Å²) in [4.78, 5) is 36.2. The predicted molar refractivity (Wildman–Crippen MR) is 84.3 cm³/mol. The summed E-state index contributed by atoms with van der Waals surface area (Å²) in [7, 11) is 0. The normalized spacial score (nSPS) is 10.2. The molecule has 0 spiro atoms. The first-order valence-corrected chi connectivity index (χ1v) is 6.99. The Morgan fingerprint density at radius 2 is 1.83 bits per heavy atom. The zero-order valence-electron chi connectivity index (χ0n) is 13.1. The Bertz CT molecular complexity index is 734. The topological polar surface area (TPSA) is 92.5 Å². The molecule has 0 unspecified atom stereocenters. The van der Waals surface area contributed by atoms with Crippen molar-refractivity contribution in [1.29, 1.82) is 0 Å². The van der Waals surface area contributed by atoms with Crippen LogP contribution in [0, 0.1) is 6.92 Å². The maximum Gasteiger partial charge on any atom is 0.244 e. The van der Waals surface area contributed by atoms with Crippen LogP contribution >= 0.6 is 0 Å². The van der Waals surface area contributed by atoms with Gasteiger partial charge in [-0.25, -0.2) is 0 Å². The lowest BCUT2D eigenvalue weighted by Gasteiger charge is -2.17. The summed E-state index contributed by atoms with van der Waals surface area (Å²) in [6, 6.07) is 8.10. The van der Waals surface area contributed by atoms with Gasteiger partial charge in [0.25, 0.3) is 0 Å². The second-order valence-electron chi connectivity index (χ2n) is 5.08. The van der Waals surface area contributed by atoms with E-state index in [1.807, 2.05) is 0 Å². The van der Waals surface area contributed by atoms with Gasteiger partial charge in [-0.1, -0.05) is 5.16 Å². The Labute approximate surface area is 133 Å². The summed E-state index contributed by atoms with van der Waals surface area (Å²) in [5.41, 5.74) is 1.10. The second-order valence-corrected chi connectivity index (χ2v) is 5.08. The van der Waals surface area contributed by atoms with Crippen LogP contribution in [-0.2, 0) is 9.59 Å². The average molecular weight is 315 g/mol. The maximum absolute atomic E-state index is 12.1. The van der Waals surface area contributed by atoms with E-state index in [0.29, 0.717) is 17.0 Å². The number of hydrogen-bond donors (Lipinski definition) is 1. The van der Waals surface area contributed by atoms with Crippen molar-refractivity contribution in [1.82, 2.24) is 5.16 Å². The van der Waals surface area contributed by atoms with Crippen LogP contribution in [0.15, 0.2) is 34.9 Å². The van der Waals surface area contributed by atoms with Crippen molar-refractivity contribution in [3.8, 4) is 0 Å². The fraction of sp³-hybridized carbons (Fsp3) is 0.250. The summed E-state index contributed by atoms with van der Waals surface area (Å²) >= 11 is 0. The van der Waals surface area contributed by atoms with E-state index < -0.39 is 0 Å². The highest BCUT2D eigenvalue weighted by Crippen LogP contribution is 2.15. The van der Waals surface area contributed by atoms with Gasteiger partial charge in [-0.2, -0.15) is 0 Å². The highest BCUT2D eigenvalue weighted by atomic mass is 16.5. The molecule has 0 radical (unpaired) electrons. The lowest BCUT2D eigenvalue weighted by molar-refractivity contribution is -0.120. The van der Waals surface area contributed by atoms with Gasteiger partial charge in [0.1, 0.15) is 12.3 Å². The van der Waals surface area contributed by atoms with E-state index in [9.17, 15) is 14.4 Å². The van der Waals surface area contributed by atoms with Crippen molar-refractivity contribution in [2.24, 2.45) is 0 Å². The summed E-state index contributed by atoms with van der Waals surface area (Å²) in [6.45, 7) is 4.33. The molecule has 0 atom stereocenters. The molecular weight excluding hydrogens is 298 g/mol. The quantitative estimate of drug-likeness (QED) is 0.854. The van der Waals surface area contributed by atoms with E-state index >= 15 is 0 Å². The molecule has 0 saturated heterocycles. The van der Waals surface area contributed by atoms with Crippen LogP contribution in [0.5, 0.6) is 0 Å². The molecule has 2 amide bonds. The van der Waals surface area contributed by atoms with E-state index in [1.54, 1.807) is 37.3 Å². The number of aromatic nitrogens is 1. The average Bonchev–Trinajstić information content (AvgIpc) is 2.91. The molecule has 0 saturated carbocycles. The molecule has 0 aliphatic carbocycles. The molecule has 2 rings (SSSR count). The van der Waals surface area contributed by atoms with Gasteiger partial charge in [-0.15, -0.1) is 0 Å². The minimum absolute atomic E-state index is 0.0490. The molecule has 2 aromatic rings. The third kappa shape index (κ3) is 4.26. The summed E-state index contributed by atoms with van der Waals surface area (Å²) in [5.74, 6) is 0.0902. The number of aryl methyl sites for hydroxylation is 1. The van der Waals surface area contributed by atoms with Crippen LogP contribution in [0.25, 0.3) is 0 Å². The van der Waals surface area contributed by atoms with Crippen LogP contribution < -0.4 is 10.2 Å². The number of benzene rings is 1. The molecule has 1 aromatic carbocycles. The Hall–Kier alpha value is -2.96. The van der Waals surface area contributed by atoms with E-state index in [4.69, 9.17) is 4.52 Å². The first-order valence-electron chi connectivity index (χ1n) is 6.99. The predicted octanol–water partition coefficient (Wildman–Crippen LogP) is 2.18. The molecule has 1 heterocycles. The minimum atomic E-state index is -0.378. The van der Waals surface area contributed by atoms with Gasteiger partial charge in [-0.05, 0) is 38.1 Å². The van der Waals surface area contributed by atoms with Crippen molar-refractivity contribution in [2.45, 2.75) is 20.8 Å². The van der Waals surface area contributed by atoms with Crippen LogP contribution in [-0.4, -0.2) is 29.3 Å². The Morgan fingerprint density at radius 1 is 1.17 bits per heavy atom. The molecule has 1 N–H and O–H groups in total. The Kier molecular flexibility index (Phi) is 4.90. The second kappa shape index (κ2) is 6.87. The molecule has 23 heavy (non-hydrogen) atoms. The fourth-order valence-electron chi connectivity index (χ4n) is 1.97. The van der Waals surface area contributed by atoms with Crippen molar-refractivity contribution in [3.05, 3.63) is 41.7 Å². The summed E-state index contributed by atoms with van der Waals surface area (Å²) in [5, 5.41) is 6.41. The van der Waals surface area contributed by atoms with Crippen molar-refractivity contribution < 1.29 is 18.9 Å². The van der Waals surface area contributed by atoms with Gasteiger partial charge in [0.05, 0.1) is 0 Å². The van der Waals surface area contributed by atoms with Crippen LogP contribution in [0.2, 0.25) is 0 Å². The third-order valence-corrected chi connectivity index (χ3v) is 3.15. The lowest BCUT2D eigenvalue weighted by atomic mass is 10.1. The van der Waals surface area contributed by atoms with E-state index in [0.717, 1.165) is 0 Å². The number of hydrogen-bond acceptors (Lipinski definition) is 5. The van der Waals surface area contributed by atoms with Gasteiger partial charge in [-0.3, -0.25) is 19.3 Å². The molecular formula is C16H17N3O4. The first kappa shape index (κ1) is 16.4. The first-order chi connectivity index (χ1) is 10.9. The van der Waals surface area contributed by atoms with E-state index in [2.05, 4.69) is 10.5 Å². The molecule has 0 bridgehead atoms. The third-order valence-electron chi connectivity index (χ3n) is 3.15. The van der Waals surface area contributed by atoms with Gasteiger partial charge in [0, 0.05) is 24.2 Å². The fourth-order valence-corrected chi connectivity index (χ4v) is 1.97. The van der Waals surface area contributed by atoms with Crippen LogP contribution in [0.4, 0.5) is 11.5 Å². The van der Waals surface area contributed by atoms with Crippen molar-refractivity contribution >= 4 is 29.1 Å².